The molecule has 0 radical (unpaired) electrons. The topological polar surface area (TPSA) is 84.0 Å². The van der Waals surface area contributed by atoms with Crippen molar-refractivity contribution in [3.63, 3.8) is 0 Å². The van der Waals surface area contributed by atoms with E-state index in [1.807, 2.05) is 48.5 Å². The highest BCUT2D eigenvalue weighted by Crippen LogP contribution is 2.25. The summed E-state index contributed by atoms with van der Waals surface area (Å²) in [6.45, 7) is 0.956. The third-order valence-corrected chi connectivity index (χ3v) is 8.90. The van der Waals surface area contributed by atoms with Gasteiger partial charge in [0.05, 0.1) is 15.5 Å². The van der Waals surface area contributed by atoms with Crippen LogP contribution in [0.2, 0.25) is 5.02 Å². The van der Waals surface area contributed by atoms with Crippen LogP contribution in [0.25, 0.3) is 0 Å². The van der Waals surface area contributed by atoms with Gasteiger partial charge in [0.2, 0.25) is 10.0 Å². The number of nitrogens with zero attached hydrogens (tertiary/aromatic N) is 2. The van der Waals surface area contributed by atoms with Gasteiger partial charge in [0, 0.05) is 26.7 Å². The fourth-order valence-electron chi connectivity index (χ4n) is 4.56. The summed E-state index contributed by atoms with van der Waals surface area (Å²) in [5.41, 5.74) is 2.02. The molecule has 9 heteroatoms. The summed E-state index contributed by atoms with van der Waals surface area (Å²) in [6, 6.07) is 23.4. The molecule has 0 spiro atoms. The molecule has 38 heavy (non-hydrogen) atoms. The van der Waals surface area contributed by atoms with E-state index in [1.165, 1.54) is 35.1 Å². The minimum Gasteiger partial charge on any atom is -0.452 e. The van der Waals surface area contributed by atoms with Gasteiger partial charge in [-0.15, -0.1) is 0 Å². The first-order valence-corrected chi connectivity index (χ1v) is 14.3. The quantitative estimate of drug-likeness (QED) is 0.355. The van der Waals surface area contributed by atoms with E-state index in [0.717, 1.165) is 24.8 Å². The Morgan fingerprint density at radius 1 is 0.947 bits per heavy atom. The number of rotatable bonds is 9. The molecular weight excluding hydrogens is 524 g/mol. The van der Waals surface area contributed by atoms with Crippen LogP contribution in [-0.2, 0) is 32.5 Å². The molecule has 4 rings (SSSR count). The molecule has 3 aromatic rings. The number of ether oxygens (including phenoxy) is 1. The van der Waals surface area contributed by atoms with Crippen LogP contribution in [0.15, 0.2) is 83.8 Å². The molecule has 0 aliphatic carbocycles. The van der Waals surface area contributed by atoms with Gasteiger partial charge < -0.3 is 9.64 Å². The fourth-order valence-corrected chi connectivity index (χ4v) is 5.94. The van der Waals surface area contributed by atoms with Gasteiger partial charge in [0.1, 0.15) is 0 Å². The maximum Gasteiger partial charge on any atom is 0.340 e. The smallest absolute Gasteiger partial charge is 0.340 e. The van der Waals surface area contributed by atoms with Gasteiger partial charge in [-0.25, -0.2) is 13.2 Å². The van der Waals surface area contributed by atoms with E-state index >= 15 is 0 Å². The fraction of sp³-hybridized carbons (Fsp3) is 0.310. The van der Waals surface area contributed by atoms with Gasteiger partial charge in [0.25, 0.3) is 5.91 Å². The summed E-state index contributed by atoms with van der Waals surface area (Å²) >= 11 is 6.19. The SMILES string of the molecule is CN(Cc1ccccc1)S(=O)(=O)c1ccc(Cl)c(C(=O)OCC(=O)N2CCC(Cc3ccccc3)CC2)c1. The van der Waals surface area contributed by atoms with E-state index in [-0.39, 0.29) is 27.9 Å². The van der Waals surface area contributed by atoms with Crippen molar-refractivity contribution in [2.24, 2.45) is 5.92 Å². The standard InChI is InChI=1S/C29H31ClN2O5S/c1-31(20-24-10-6-3-7-11-24)38(35,36)25-12-13-27(30)26(19-25)29(34)37-21-28(33)32-16-14-23(15-17-32)18-22-8-4-2-5-9-22/h2-13,19,23H,14-18,20-21H2,1H3. The third-order valence-electron chi connectivity index (χ3n) is 6.78. The van der Waals surface area contributed by atoms with Crippen molar-refractivity contribution < 1.29 is 22.7 Å². The number of halogens is 1. The van der Waals surface area contributed by atoms with Gasteiger partial charge >= 0.3 is 5.97 Å². The second-order valence-electron chi connectivity index (χ2n) is 9.48. The number of sulfonamides is 1. The number of carbonyl (C=O) groups excluding carboxylic acids is 2. The van der Waals surface area contributed by atoms with Crippen molar-refractivity contribution >= 4 is 33.5 Å². The Bertz CT molecular complexity index is 1360. The maximum atomic E-state index is 13.1. The molecule has 7 nitrogen and oxygen atoms in total. The van der Waals surface area contributed by atoms with Crippen LogP contribution >= 0.6 is 11.6 Å². The molecule has 1 aliphatic rings. The zero-order valence-corrected chi connectivity index (χ0v) is 22.8. The predicted molar refractivity (Wildman–Crippen MR) is 146 cm³/mol. The summed E-state index contributed by atoms with van der Waals surface area (Å²) in [5, 5.41) is 0.0498. The van der Waals surface area contributed by atoms with Crippen molar-refractivity contribution in [2.45, 2.75) is 30.7 Å². The lowest BCUT2D eigenvalue weighted by Gasteiger charge is -2.32. The van der Waals surface area contributed by atoms with Crippen LogP contribution in [0.1, 0.15) is 34.3 Å². The summed E-state index contributed by atoms with van der Waals surface area (Å²) < 4.78 is 32.7. The van der Waals surface area contributed by atoms with Crippen molar-refractivity contribution in [3.05, 3.63) is 101 Å². The van der Waals surface area contributed by atoms with E-state index in [9.17, 15) is 18.0 Å². The van der Waals surface area contributed by atoms with Crippen molar-refractivity contribution in [2.75, 3.05) is 26.7 Å². The molecule has 0 saturated carbocycles. The molecule has 3 aromatic carbocycles. The Morgan fingerprint density at radius 3 is 2.18 bits per heavy atom. The van der Waals surface area contributed by atoms with Crippen LogP contribution in [0.3, 0.4) is 0 Å². The number of piperidine rings is 1. The van der Waals surface area contributed by atoms with E-state index in [2.05, 4.69) is 12.1 Å². The van der Waals surface area contributed by atoms with Crippen LogP contribution in [-0.4, -0.2) is 56.2 Å². The Morgan fingerprint density at radius 2 is 1.55 bits per heavy atom. The third kappa shape index (κ3) is 7.01. The Hall–Kier alpha value is -3.20. The Balaban J connectivity index is 1.32. The maximum absolute atomic E-state index is 13.1. The first-order valence-electron chi connectivity index (χ1n) is 12.5. The number of esters is 1. The molecule has 1 amide bonds. The highest BCUT2D eigenvalue weighted by Gasteiger charge is 2.26. The highest BCUT2D eigenvalue weighted by atomic mass is 35.5. The molecule has 0 unspecified atom stereocenters. The summed E-state index contributed by atoms with van der Waals surface area (Å²) in [4.78, 5) is 27.1. The van der Waals surface area contributed by atoms with Gasteiger partial charge in [-0.1, -0.05) is 72.3 Å². The molecule has 1 saturated heterocycles. The van der Waals surface area contributed by atoms with Crippen molar-refractivity contribution in [3.8, 4) is 0 Å². The van der Waals surface area contributed by atoms with Crippen LogP contribution in [0.5, 0.6) is 0 Å². The largest absolute Gasteiger partial charge is 0.452 e. The number of carbonyl (C=O) groups is 2. The minimum absolute atomic E-state index is 0.0498. The number of likely N-dealkylation sites (tertiary alicyclic amines) is 1. The lowest BCUT2D eigenvalue weighted by molar-refractivity contribution is -0.135. The average molecular weight is 555 g/mol. The zero-order chi connectivity index (χ0) is 27.1. The van der Waals surface area contributed by atoms with Gasteiger partial charge in [-0.05, 0) is 54.5 Å². The average Bonchev–Trinajstić information content (AvgIpc) is 2.93. The first-order chi connectivity index (χ1) is 18.2. The second kappa shape index (κ2) is 12.6. The van der Waals surface area contributed by atoms with Crippen LogP contribution in [0.4, 0.5) is 0 Å². The number of hydrogen-bond donors (Lipinski definition) is 0. The first kappa shape index (κ1) is 27.8. The minimum atomic E-state index is -3.89. The van der Waals surface area contributed by atoms with Crippen molar-refractivity contribution in [1.29, 1.82) is 0 Å². The number of amides is 1. The van der Waals surface area contributed by atoms with Gasteiger partial charge in [-0.3, -0.25) is 4.79 Å². The molecule has 1 fully saturated rings. The molecule has 1 aliphatic heterocycles. The van der Waals surface area contributed by atoms with Crippen LogP contribution in [0, 0.1) is 5.92 Å². The van der Waals surface area contributed by atoms with E-state index in [1.54, 1.807) is 4.90 Å². The van der Waals surface area contributed by atoms with Crippen LogP contribution < -0.4 is 0 Å². The molecule has 0 N–H and O–H groups in total. The molecule has 0 aromatic heterocycles. The molecule has 1 heterocycles. The monoisotopic (exact) mass is 554 g/mol. The lowest BCUT2D eigenvalue weighted by atomic mass is 9.90. The number of hydrogen-bond acceptors (Lipinski definition) is 5. The highest BCUT2D eigenvalue weighted by molar-refractivity contribution is 7.89. The Kier molecular flexibility index (Phi) is 9.20. The normalized spacial score (nSPS) is 14.4. The van der Waals surface area contributed by atoms with E-state index in [4.69, 9.17) is 16.3 Å². The van der Waals surface area contributed by atoms with E-state index in [0.29, 0.717) is 19.0 Å². The molecule has 0 atom stereocenters. The summed E-state index contributed by atoms with van der Waals surface area (Å²) in [6.07, 6.45) is 2.75. The number of benzene rings is 3. The molecule has 0 bridgehead atoms. The van der Waals surface area contributed by atoms with Gasteiger partial charge in [-0.2, -0.15) is 4.31 Å². The van der Waals surface area contributed by atoms with Gasteiger partial charge in [0.15, 0.2) is 6.61 Å². The molecule has 200 valence electrons. The summed E-state index contributed by atoms with van der Waals surface area (Å²) in [5.74, 6) is -0.614. The van der Waals surface area contributed by atoms with Crippen molar-refractivity contribution in [1.82, 2.24) is 9.21 Å². The zero-order valence-electron chi connectivity index (χ0n) is 21.3. The Labute approximate surface area is 229 Å². The second-order valence-corrected chi connectivity index (χ2v) is 11.9. The summed E-state index contributed by atoms with van der Waals surface area (Å²) in [7, 11) is -2.43. The van der Waals surface area contributed by atoms with E-state index < -0.39 is 22.6 Å². The molecular formula is C29H31ClN2O5S. The lowest BCUT2D eigenvalue weighted by Crippen LogP contribution is -2.41. The predicted octanol–water partition coefficient (Wildman–Crippen LogP) is 4.80.